The Morgan fingerprint density at radius 2 is 1.79 bits per heavy atom. The zero-order valence-electron chi connectivity index (χ0n) is 19.5. The molecule has 0 radical (unpaired) electrons. The number of nitriles is 1. The lowest BCUT2D eigenvalue weighted by atomic mass is 10.1. The number of rotatable bonds is 8. The van der Waals surface area contributed by atoms with Crippen LogP contribution in [-0.2, 0) is 12.7 Å². The maximum Gasteiger partial charge on any atom is 0.416 e. The second kappa shape index (κ2) is 13.8. The first-order valence-corrected chi connectivity index (χ1v) is 10.9. The van der Waals surface area contributed by atoms with E-state index >= 15 is 0 Å². The Kier molecular flexibility index (Phi) is 11.6. The van der Waals surface area contributed by atoms with Crippen molar-refractivity contribution in [1.29, 1.82) is 5.26 Å². The molecule has 0 amide bonds. The molecule has 1 atom stereocenters. The molecule has 0 bridgehead atoms. The molecule has 0 aliphatic carbocycles. The van der Waals surface area contributed by atoms with Crippen LogP contribution >= 0.6 is 0 Å². The Hall–Kier alpha value is -3.47. The fourth-order valence-corrected chi connectivity index (χ4v) is 3.01. The number of allylic oxidation sites excluding steroid dienone is 1. The van der Waals surface area contributed by atoms with Gasteiger partial charge in [0.25, 0.3) is 0 Å². The molecule has 33 heavy (non-hydrogen) atoms. The Bertz CT molecular complexity index is 974. The largest absolute Gasteiger partial charge is 0.416 e. The molecule has 8 heteroatoms. The zero-order valence-corrected chi connectivity index (χ0v) is 19.5. The Morgan fingerprint density at radius 1 is 1.15 bits per heavy atom. The summed E-state index contributed by atoms with van der Waals surface area (Å²) in [5, 5.41) is 15.5. The molecule has 0 spiro atoms. The van der Waals surface area contributed by atoms with Gasteiger partial charge in [0, 0.05) is 18.3 Å². The highest BCUT2D eigenvalue weighted by atomic mass is 19.4. The van der Waals surface area contributed by atoms with E-state index in [4.69, 9.17) is 11.0 Å². The number of nitrogens with two attached hydrogens (primary N) is 1. The van der Waals surface area contributed by atoms with E-state index in [1.54, 1.807) is 0 Å². The number of nitrogens with one attached hydrogen (secondary N) is 2. The number of hydrogen-bond donors (Lipinski definition) is 3. The van der Waals surface area contributed by atoms with Crippen molar-refractivity contribution in [2.75, 3.05) is 11.9 Å². The number of para-hydroxylation sites is 1. The molecule has 0 aliphatic rings. The molecule has 0 saturated heterocycles. The van der Waals surface area contributed by atoms with E-state index in [1.807, 2.05) is 51.1 Å². The first kappa shape index (κ1) is 27.6. The van der Waals surface area contributed by atoms with E-state index in [-0.39, 0.29) is 29.7 Å². The molecule has 0 fully saturated rings. The van der Waals surface area contributed by atoms with Crippen molar-refractivity contribution < 1.29 is 13.2 Å². The first-order chi connectivity index (χ1) is 15.8. The van der Waals surface area contributed by atoms with Gasteiger partial charge in [-0.05, 0) is 36.6 Å². The van der Waals surface area contributed by atoms with Gasteiger partial charge in [0.2, 0.25) is 0 Å². The van der Waals surface area contributed by atoms with Gasteiger partial charge in [-0.15, -0.1) is 0 Å². The van der Waals surface area contributed by atoms with Crippen molar-refractivity contribution in [3.05, 3.63) is 77.0 Å². The van der Waals surface area contributed by atoms with Crippen molar-refractivity contribution in [3.8, 4) is 6.07 Å². The van der Waals surface area contributed by atoms with E-state index in [2.05, 4.69) is 22.5 Å². The molecule has 5 nitrogen and oxygen atoms in total. The second-order valence-electron chi connectivity index (χ2n) is 6.95. The van der Waals surface area contributed by atoms with Crippen LogP contribution in [0.2, 0.25) is 0 Å². The number of halogens is 3. The fraction of sp³-hybridized carbons (Fsp3) is 0.360. The molecule has 0 aliphatic heterocycles. The highest BCUT2D eigenvalue weighted by Gasteiger charge is 2.32. The minimum absolute atomic E-state index is 0.0379. The van der Waals surface area contributed by atoms with Crippen LogP contribution in [0.15, 0.2) is 65.3 Å². The average Bonchev–Trinajstić information content (AvgIpc) is 2.82. The van der Waals surface area contributed by atoms with Gasteiger partial charge in [0.1, 0.15) is 17.6 Å². The summed E-state index contributed by atoms with van der Waals surface area (Å²) >= 11 is 0. The monoisotopic (exact) mass is 459 g/mol. The smallest absolute Gasteiger partial charge is 0.390 e. The number of aliphatic imine (C=N–C) groups is 1. The van der Waals surface area contributed by atoms with Gasteiger partial charge in [-0.25, -0.2) is 0 Å². The number of anilines is 1. The summed E-state index contributed by atoms with van der Waals surface area (Å²) in [6, 6.07) is 14.6. The predicted molar refractivity (Wildman–Crippen MR) is 129 cm³/mol. The number of alkyl halides is 3. The summed E-state index contributed by atoms with van der Waals surface area (Å²) in [4.78, 5) is 4.29. The Morgan fingerprint density at radius 3 is 2.42 bits per heavy atom. The molecule has 1 unspecified atom stereocenters. The summed E-state index contributed by atoms with van der Waals surface area (Å²) in [5.41, 5.74) is 6.75. The molecule has 2 aromatic rings. The van der Waals surface area contributed by atoms with Crippen LogP contribution in [-0.4, -0.2) is 12.4 Å². The normalized spacial score (nSPS) is 12.8. The van der Waals surface area contributed by atoms with Gasteiger partial charge in [-0.1, -0.05) is 57.2 Å². The minimum atomic E-state index is -4.47. The van der Waals surface area contributed by atoms with Crippen LogP contribution < -0.4 is 16.4 Å². The molecular formula is C25H32F3N5. The topological polar surface area (TPSA) is 86.2 Å². The van der Waals surface area contributed by atoms with Crippen LogP contribution in [0.1, 0.15) is 56.8 Å². The van der Waals surface area contributed by atoms with Crippen molar-refractivity contribution in [2.45, 2.75) is 52.9 Å². The van der Waals surface area contributed by atoms with E-state index in [9.17, 15) is 13.2 Å². The third-order valence-corrected chi connectivity index (χ3v) is 4.52. The number of amidine groups is 1. The standard InChI is InChI=1S/C23H26F3N5.C2H6/c1-3-12-29-21-11-7-5-9-19(21)16(2)31-22(13-18(28)14-27)30-15-17-8-4-6-10-20(17)23(24,25)26;1-2/h4-11,13,16,29H,3,12,15,28H2,1-2H3,(H,30,31);1-2H3/b18-13-;. The highest BCUT2D eigenvalue weighted by Crippen LogP contribution is 2.32. The van der Waals surface area contributed by atoms with Crippen LogP contribution in [0.25, 0.3) is 0 Å². The fourth-order valence-electron chi connectivity index (χ4n) is 3.01. The molecule has 0 saturated carbocycles. The van der Waals surface area contributed by atoms with Gasteiger partial charge in [0.05, 0.1) is 18.2 Å². The molecule has 0 heterocycles. The third-order valence-electron chi connectivity index (χ3n) is 4.52. The van der Waals surface area contributed by atoms with Gasteiger partial charge in [-0.3, -0.25) is 4.99 Å². The lowest BCUT2D eigenvalue weighted by Crippen LogP contribution is -2.27. The lowest BCUT2D eigenvalue weighted by Gasteiger charge is -2.20. The Balaban J connectivity index is 0.00000265. The molecule has 0 aromatic heterocycles. The summed E-state index contributed by atoms with van der Waals surface area (Å²) in [5.74, 6) is 0.230. The van der Waals surface area contributed by atoms with Gasteiger partial charge < -0.3 is 16.4 Å². The first-order valence-electron chi connectivity index (χ1n) is 10.9. The molecule has 2 aromatic carbocycles. The van der Waals surface area contributed by atoms with Gasteiger partial charge in [0.15, 0.2) is 0 Å². The lowest BCUT2D eigenvalue weighted by molar-refractivity contribution is -0.138. The Labute approximate surface area is 194 Å². The second-order valence-corrected chi connectivity index (χ2v) is 6.95. The van der Waals surface area contributed by atoms with Crippen molar-refractivity contribution in [1.82, 2.24) is 5.32 Å². The van der Waals surface area contributed by atoms with Crippen LogP contribution in [0.3, 0.4) is 0 Å². The predicted octanol–water partition coefficient (Wildman–Crippen LogP) is 6.17. The quantitative estimate of drug-likeness (QED) is 0.250. The SMILES string of the molecule is CC.CCCNc1ccccc1C(C)NC(/C=C(\N)C#N)=NCc1ccccc1C(F)(F)F. The highest BCUT2D eigenvalue weighted by molar-refractivity contribution is 5.94. The third kappa shape index (κ3) is 8.89. The number of benzene rings is 2. The maximum absolute atomic E-state index is 13.3. The molecular weight excluding hydrogens is 427 g/mol. The van der Waals surface area contributed by atoms with E-state index in [1.165, 1.54) is 24.3 Å². The summed E-state index contributed by atoms with van der Waals surface area (Å²) in [7, 11) is 0. The van der Waals surface area contributed by atoms with Crippen molar-refractivity contribution >= 4 is 11.5 Å². The molecule has 178 valence electrons. The van der Waals surface area contributed by atoms with Crippen LogP contribution in [0.4, 0.5) is 18.9 Å². The summed E-state index contributed by atoms with van der Waals surface area (Å²) < 4.78 is 39.8. The van der Waals surface area contributed by atoms with Crippen molar-refractivity contribution in [2.24, 2.45) is 10.7 Å². The summed E-state index contributed by atoms with van der Waals surface area (Å²) in [6.45, 7) is 8.56. The van der Waals surface area contributed by atoms with E-state index < -0.39 is 11.7 Å². The minimum Gasteiger partial charge on any atom is -0.390 e. The number of hydrogen-bond acceptors (Lipinski definition) is 4. The van der Waals surface area contributed by atoms with E-state index in [0.717, 1.165) is 30.3 Å². The number of nitrogens with zero attached hydrogens (tertiary/aromatic N) is 2. The summed E-state index contributed by atoms with van der Waals surface area (Å²) in [6.07, 6.45) is -2.18. The average molecular weight is 460 g/mol. The van der Waals surface area contributed by atoms with Crippen LogP contribution in [0.5, 0.6) is 0 Å². The zero-order chi connectivity index (χ0) is 24.9. The molecule has 2 rings (SSSR count). The van der Waals surface area contributed by atoms with Crippen molar-refractivity contribution in [3.63, 3.8) is 0 Å². The maximum atomic E-state index is 13.3. The van der Waals surface area contributed by atoms with Gasteiger partial charge >= 0.3 is 6.18 Å². The van der Waals surface area contributed by atoms with Crippen LogP contribution in [0, 0.1) is 11.3 Å². The van der Waals surface area contributed by atoms with E-state index in [0.29, 0.717) is 0 Å². The van der Waals surface area contributed by atoms with Gasteiger partial charge in [-0.2, -0.15) is 18.4 Å². The molecule has 4 N–H and O–H groups in total.